The lowest BCUT2D eigenvalue weighted by Gasteiger charge is -2.08. The van der Waals surface area contributed by atoms with Crippen LogP contribution in [0.1, 0.15) is 15.3 Å². The molecule has 5 nitrogen and oxygen atoms in total. The third-order valence-electron chi connectivity index (χ3n) is 2.82. The Balaban J connectivity index is 2.28. The average molecular weight is 325 g/mol. The van der Waals surface area contributed by atoms with E-state index in [1.54, 1.807) is 31.2 Å². The second-order valence-corrected chi connectivity index (χ2v) is 7.77. The Hall–Kier alpha value is -1.86. The molecule has 112 valence electrons. The topological polar surface area (TPSA) is 83.5 Å². The van der Waals surface area contributed by atoms with Crippen LogP contribution >= 0.6 is 11.3 Å². The van der Waals surface area contributed by atoms with Crippen molar-refractivity contribution in [2.24, 2.45) is 0 Å². The number of hydrogen-bond donors (Lipinski definition) is 2. The van der Waals surface area contributed by atoms with E-state index in [1.165, 1.54) is 17.4 Å². The molecule has 0 fully saturated rings. The van der Waals surface area contributed by atoms with Gasteiger partial charge in [0.15, 0.2) is 0 Å². The highest BCUT2D eigenvalue weighted by Gasteiger charge is 2.19. The first kappa shape index (κ1) is 15.5. The number of benzene rings is 1. The molecule has 1 heterocycles. The zero-order valence-electron chi connectivity index (χ0n) is 11.6. The van der Waals surface area contributed by atoms with Crippen LogP contribution in [0.25, 0.3) is 0 Å². The van der Waals surface area contributed by atoms with Crippen LogP contribution in [0.3, 0.4) is 0 Å². The van der Waals surface area contributed by atoms with Crippen LogP contribution in [0.4, 0.5) is 5.69 Å². The zero-order valence-corrected chi connectivity index (χ0v) is 13.2. The molecule has 0 saturated carbocycles. The van der Waals surface area contributed by atoms with Gasteiger partial charge in [-0.05, 0) is 37.6 Å². The largest absolute Gasteiger partial charge is 0.481 e. The Morgan fingerprint density at radius 3 is 2.57 bits per heavy atom. The molecule has 0 aliphatic heterocycles. The number of hydrogen-bond acceptors (Lipinski definition) is 4. The van der Waals surface area contributed by atoms with Crippen LogP contribution < -0.4 is 4.72 Å². The molecule has 0 unspecified atom stereocenters. The van der Waals surface area contributed by atoms with Crippen molar-refractivity contribution in [1.82, 2.24) is 0 Å². The fourth-order valence-electron chi connectivity index (χ4n) is 2.00. The Bertz CT molecular complexity index is 778. The molecule has 0 amide bonds. The van der Waals surface area contributed by atoms with Crippen LogP contribution in [-0.2, 0) is 21.2 Å². The van der Waals surface area contributed by atoms with Crippen molar-refractivity contribution in [2.75, 3.05) is 4.72 Å². The maximum atomic E-state index is 12.3. The van der Waals surface area contributed by atoms with Gasteiger partial charge in [-0.15, -0.1) is 11.3 Å². The number of anilines is 1. The molecule has 0 saturated heterocycles. The fourth-order valence-corrected chi connectivity index (χ4v) is 4.61. The van der Waals surface area contributed by atoms with Crippen molar-refractivity contribution in [3.8, 4) is 0 Å². The lowest BCUT2D eigenvalue weighted by molar-refractivity contribution is -0.136. The number of nitrogens with one attached hydrogen (secondary N) is 1. The monoisotopic (exact) mass is 325 g/mol. The van der Waals surface area contributed by atoms with Gasteiger partial charge in [0.25, 0.3) is 10.0 Å². The summed E-state index contributed by atoms with van der Waals surface area (Å²) < 4.78 is 27.2. The summed E-state index contributed by atoms with van der Waals surface area (Å²) in [5.74, 6) is -0.959. The fraction of sp³-hybridized carbons (Fsp3) is 0.214. The number of aliphatic carboxylic acids is 1. The molecule has 2 aromatic rings. The quantitative estimate of drug-likeness (QED) is 0.885. The molecule has 2 N–H and O–H groups in total. The molecule has 0 aliphatic carbocycles. The minimum Gasteiger partial charge on any atom is -0.481 e. The van der Waals surface area contributed by atoms with E-state index in [4.69, 9.17) is 5.11 Å². The molecule has 0 spiro atoms. The predicted molar refractivity (Wildman–Crippen MR) is 82.4 cm³/mol. The summed E-state index contributed by atoms with van der Waals surface area (Å²) in [7, 11) is -3.66. The Kier molecular flexibility index (Phi) is 4.34. The summed E-state index contributed by atoms with van der Waals surface area (Å²) in [6, 6.07) is 8.02. The van der Waals surface area contributed by atoms with E-state index in [-0.39, 0.29) is 11.3 Å². The van der Waals surface area contributed by atoms with Gasteiger partial charge in [-0.25, -0.2) is 8.42 Å². The van der Waals surface area contributed by atoms with Crippen molar-refractivity contribution in [2.45, 2.75) is 25.2 Å². The first-order valence-corrected chi connectivity index (χ1v) is 8.48. The number of carbonyl (C=O) groups is 1. The number of sulfonamides is 1. The average Bonchev–Trinajstić information content (AvgIpc) is 2.68. The molecule has 0 radical (unpaired) electrons. The van der Waals surface area contributed by atoms with Crippen molar-refractivity contribution in [3.63, 3.8) is 0 Å². The van der Waals surface area contributed by atoms with E-state index in [0.717, 1.165) is 9.75 Å². The predicted octanol–water partition coefficient (Wildman–Crippen LogP) is 2.79. The van der Waals surface area contributed by atoms with Gasteiger partial charge in [-0.2, -0.15) is 0 Å². The number of carboxylic acid groups (broad SMARTS) is 1. The van der Waals surface area contributed by atoms with E-state index >= 15 is 0 Å². The van der Waals surface area contributed by atoms with Gasteiger partial charge < -0.3 is 5.11 Å². The number of thiophene rings is 1. The minimum atomic E-state index is -3.66. The van der Waals surface area contributed by atoms with Crippen LogP contribution in [0.5, 0.6) is 0 Å². The highest BCUT2D eigenvalue weighted by atomic mass is 32.2. The van der Waals surface area contributed by atoms with Gasteiger partial charge in [0.1, 0.15) is 4.90 Å². The second-order valence-electron chi connectivity index (χ2n) is 4.65. The Morgan fingerprint density at radius 1 is 1.29 bits per heavy atom. The first-order valence-electron chi connectivity index (χ1n) is 6.18. The smallest absolute Gasteiger partial charge is 0.307 e. The summed E-state index contributed by atoms with van der Waals surface area (Å²) in [5, 5.41) is 8.77. The molecule has 2 rings (SSSR count). The summed E-state index contributed by atoms with van der Waals surface area (Å²) in [5.41, 5.74) is 0.901. The molecule has 0 aliphatic rings. The van der Waals surface area contributed by atoms with E-state index < -0.39 is 16.0 Å². The standard InChI is InChI=1S/C14H15NO4S2/c1-9-6-13(10(2)20-9)21(18,19)15-12-5-3-4-11(7-12)8-14(16)17/h3-7,15H,8H2,1-2H3,(H,16,17). The third-order valence-corrected chi connectivity index (χ3v) is 5.42. The van der Waals surface area contributed by atoms with Crippen LogP contribution in [0.2, 0.25) is 0 Å². The molecular formula is C14H15NO4S2. The van der Waals surface area contributed by atoms with E-state index in [0.29, 0.717) is 11.3 Å². The first-order chi connectivity index (χ1) is 9.78. The second kappa shape index (κ2) is 5.87. The summed E-state index contributed by atoms with van der Waals surface area (Å²) >= 11 is 1.42. The number of aryl methyl sites for hydroxylation is 2. The third kappa shape index (κ3) is 3.83. The maximum absolute atomic E-state index is 12.3. The van der Waals surface area contributed by atoms with Crippen LogP contribution in [0, 0.1) is 13.8 Å². The van der Waals surface area contributed by atoms with Gasteiger partial charge in [0.2, 0.25) is 0 Å². The van der Waals surface area contributed by atoms with Gasteiger partial charge in [-0.3, -0.25) is 9.52 Å². The number of rotatable bonds is 5. The normalized spacial score (nSPS) is 11.3. The lowest BCUT2D eigenvalue weighted by Crippen LogP contribution is -2.13. The molecular weight excluding hydrogens is 310 g/mol. The molecule has 0 bridgehead atoms. The zero-order chi connectivity index (χ0) is 15.6. The minimum absolute atomic E-state index is 0.147. The highest BCUT2D eigenvalue weighted by molar-refractivity contribution is 7.93. The van der Waals surface area contributed by atoms with E-state index in [9.17, 15) is 13.2 Å². The van der Waals surface area contributed by atoms with E-state index in [2.05, 4.69) is 4.72 Å². The summed E-state index contributed by atoms with van der Waals surface area (Å²) in [6.45, 7) is 3.61. The molecule has 1 aromatic heterocycles. The van der Waals surface area contributed by atoms with Crippen molar-refractivity contribution >= 4 is 33.0 Å². The molecule has 21 heavy (non-hydrogen) atoms. The van der Waals surface area contributed by atoms with Crippen LogP contribution in [-0.4, -0.2) is 19.5 Å². The SMILES string of the molecule is Cc1cc(S(=O)(=O)Nc2cccc(CC(=O)O)c2)c(C)s1. The van der Waals surface area contributed by atoms with Crippen molar-refractivity contribution in [1.29, 1.82) is 0 Å². The number of carboxylic acids is 1. The van der Waals surface area contributed by atoms with Gasteiger partial charge >= 0.3 is 5.97 Å². The van der Waals surface area contributed by atoms with Gasteiger partial charge in [-0.1, -0.05) is 12.1 Å². The summed E-state index contributed by atoms with van der Waals surface area (Å²) in [4.78, 5) is 12.6. The van der Waals surface area contributed by atoms with Gasteiger partial charge in [0.05, 0.1) is 6.42 Å². The van der Waals surface area contributed by atoms with Crippen molar-refractivity contribution in [3.05, 3.63) is 45.6 Å². The maximum Gasteiger partial charge on any atom is 0.307 e. The Labute approximate surface area is 127 Å². The van der Waals surface area contributed by atoms with E-state index in [1.807, 2.05) is 6.92 Å². The van der Waals surface area contributed by atoms with Crippen LogP contribution in [0.15, 0.2) is 35.2 Å². The Morgan fingerprint density at radius 2 is 2.00 bits per heavy atom. The van der Waals surface area contributed by atoms with Crippen molar-refractivity contribution < 1.29 is 18.3 Å². The molecule has 1 aromatic carbocycles. The molecule has 7 heteroatoms. The lowest BCUT2D eigenvalue weighted by atomic mass is 10.1. The summed E-state index contributed by atoms with van der Waals surface area (Å²) in [6.07, 6.45) is -0.147. The highest BCUT2D eigenvalue weighted by Crippen LogP contribution is 2.27. The molecule has 0 atom stereocenters. The van der Waals surface area contributed by atoms with Gasteiger partial charge in [0, 0.05) is 15.4 Å².